The van der Waals surface area contributed by atoms with Crippen LogP contribution in [0.15, 0.2) is 36.4 Å². The second kappa shape index (κ2) is 8.34. The van der Waals surface area contributed by atoms with Gasteiger partial charge in [0, 0.05) is 19.1 Å². The number of nitrogens with one attached hydrogen (secondary N) is 1. The number of carbonyl (C=O) groups is 1. The average molecular weight is 340 g/mol. The maximum atomic E-state index is 13.0. The number of rotatable bonds is 6. The first-order valence-electron chi connectivity index (χ1n) is 9.40. The first-order valence-corrected chi connectivity index (χ1v) is 9.40. The standard InChI is InChI=1S/C21H28N2O2/c1-3-13-23-14-11-17(12-15-23)22-21(24)20-18-8-6-5-7-16(18)9-10-19(20)25-4-2/h5-10,17H,3-4,11-15H2,1-2H3,(H,22,24). The maximum absolute atomic E-state index is 13.0. The van der Waals surface area contributed by atoms with Gasteiger partial charge in [-0.1, -0.05) is 37.3 Å². The lowest BCUT2D eigenvalue weighted by atomic mass is 10.0. The Balaban J connectivity index is 1.78. The fraction of sp³-hybridized carbons (Fsp3) is 0.476. The van der Waals surface area contributed by atoms with Crippen molar-refractivity contribution in [3.63, 3.8) is 0 Å². The lowest BCUT2D eigenvalue weighted by molar-refractivity contribution is 0.0909. The van der Waals surface area contributed by atoms with Gasteiger partial charge in [-0.25, -0.2) is 0 Å². The van der Waals surface area contributed by atoms with E-state index in [1.54, 1.807) is 0 Å². The molecule has 3 rings (SSSR count). The Morgan fingerprint density at radius 3 is 2.64 bits per heavy atom. The fourth-order valence-electron chi connectivity index (χ4n) is 3.64. The van der Waals surface area contributed by atoms with Gasteiger partial charge < -0.3 is 15.0 Å². The van der Waals surface area contributed by atoms with E-state index in [9.17, 15) is 4.79 Å². The van der Waals surface area contributed by atoms with Crippen molar-refractivity contribution in [1.29, 1.82) is 0 Å². The molecule has 1 aliphatic heterocycles. The molecule has 1 N–H and O–H groups in total. The Morgan fingerprint density at radius 1 is 1.16 bits per heavy atom. The number of amides is 1. The minimum absolute atomic E-state index is 0.0193. The molecule has 0 aromatic heterocycles. The zero-order valence-electron chi connectivity index (χ0n) is 15.3. The number of hydrogen-bond acceptors (Lipinski definition) is 3. The predicted octanol–water partition coefficient (Wildman–Crippen LogP) is 3.84. The van der Waals surface area contributed by atoms with Crippen LogP contribution in [0, 0.1) is 0 Å². The van der Waals surface area contributed by atoms with Crippen molar-refractivity contribution in [3.8, 4) is 5.75 Å². The van der Waals surface area contributed by atoms with Crippen LogP contribution in [-0.4, -0.2) is 43.1 Å². The summed E-state index contributed by atoms with van der Waals surface area (Å²) >= 11 is 0. The number of likely N-dealkylation sites (tertiary alicyclic amines) is 1. The van der Waals surface area contributed by atoms with Crippen molar-refractivity contribution in [1.82, 2.24) is 10.2 Å². The van der Waals surface area contributed by atoms with Crippen molar-refractivity contribution in [2.45, 2.75) is 39.2 Å². The summed E-state index contributed by atoms with van der Waals surface area (Å²) in [6.45, 7) is 7.98. The van der Waals surface area contributed by atoms with Crippen LogP contribution in [0.3, 0.4) is 0 Å². The molecule has 0 bridgehead atoms. The molecular formula is C21H28N2O2. The molecule has 0 atom stereocenters. The van der Waals surface area contributed by atoms with Crippen LogP contribution in [0.25, 0.3) is 10.8 Å². The van der Waals surface area contributed by atoms with Gasteiger partial charge in [-0.05, 0) is 49.6 Å². The minimum Gasteiger partial charge on any atom is -0.493 e. The molecule has 4 heteroatoms. The molecule has 134 valence electrons. The van der Waals surface area contributed by atoms with Crippen molar-refractivity contribution in [3.05, 3.63) is 42.0 Å². The number of ether oxygens (including phenoxy) is 1. The maximum Gasteiger partial charge on any atom is 0.255 e. The molecule has 0 aliphatic carbocycles. The van der Waals surface area contributed by atoms with Gasteiger partial charge in [0.1, 0.15) is 5.75 Å². The van der Waals surface area contributed by atoms with E-state index < -0.39 is 0 Å². The summed E-state index contributed by atoms with van der Waals surface area (Å²) < 4.78 is 5.74. The summed E-state index contributed by atoms with van der Waals surface area (Å²) in [4.78, 5) is 15.5. The van der Waals surface area contributed by atoms with Gasteiger partial charge in [-0.15, -0.1) is 0 Å². The largest absolute Gasteiger partial charge is 0.493 e. The lowest BCUT2D eigenvalue weighted by Gasteiger charge is -2.32. The molecule has 1 amide bonds. The van der Waals surface area contributed by atoms with E-state index in [2.05, 4.69) is 17.1 Å². The van der Waals surface area contributed by atoms with Gasteiger partial charge in [0.15, 0.2) is 0 Å². The summed E-state index contributed by atoms with van der Waals surface area (Å²) in [5.41, 5.74) is 0.663. The smallest absolute Gasteiger partial charge is 0.255 e. The number of nitrogens with zero attached hydrogens (tertiary/aromatic N) is 1. The highest BCUT2D eigenvalue weighted by Gasteiger charge is 2.23. The zero-order chi connectivity index (χ0) is 17.6. The highest BCUT2D eigenvalue weighted by Crippen LogP contribution is 2.28. The number of hydrogen-bond donors (Lipinski definition) is 1. The molecular weight excluding hydrogens is 312 g/mol. The van der Waals surface area contributed by atoms with Gasteiger partial charge >= 0.3 is 0 Å². The molecule has 0 spiro atoms. The molecule has 2 aromatic rings. The average Bonchev–Trinajstić information content (AvgIpc) is 2.63. The van der Waals surface area contributed by atoms with Crippen LogP contribution in [0.5, 0.6) is 5.75 Å². The molecule has 4 nitrogen and oxygen atoms in total. The monoisotopic (exact) mass is 340 g/mol. The van der Waals surface area contributed by atoms with Crippen LogP contribution in [-0.2, 0) is 0 Å². The van der Waals surface area contributed by atoms with Gasteiger partial charge in [0.2, 0.25) is 0 Å². The topological polar surface area (TPSA) is 41.6 Å². The van der Waals surface area contributed by atoms with E-state index >= 15 is 0 Å². The molecule has 1 aliphatic rings. The van der Waals surface area contributed by atoms with E-state index in [0.717, 1.165) is 43.2 Å². The first kappa shape index (κ1) is 17.7. The molecule has 0 saturated carbocycles. The van der Waals surface area contributed by atoms with Crippen LogP contribution < -0.4 is 10.1 Å². The Kier molecular flexibility index (Phi) is 5.92. The lowest BCUT2D eigenvalue weighted by Crippen LogP contribution is -2.44. The summed E-state index contributed by atoms with van der Waals surface area (Å²) in [5, 5.41) is 5.26. The molecule has 2 aromatic carbocycles. The Bertz CT molecular complexity index is 721. The van der Waals surface area contributed by atoms with Crippen LogP contribution in [0.2, 0.25) is 0 Å². The third kappa shape index (κ3) is 4.13. The second-order valence-electron chi connectivity index (χ2n) is 6.68. The number of benzene rings is 2. The molecule has 0 unspecified atom stereocenters. The predicted molar refractivity (Wildman–Crippen MR) is 102 cm³/mol. The highest BCUT2D eigenvalue weighted by atomic mass is 16.5. The summed E-state index contributed by atoms with van der Waals surface area (Å²) in [5.74, 6) is 0.649. The normalized spacial score (nSPS) is 16.1. The SMILES string of the molecule is CCCN1CCC(NC(=O)c2c(OCC)ccc3ccccc23)CC1. The van der Waals surface area contributed by atoms with Crippen molar-refractivity contribution >= 4 is 16.7 Å². The highest BCUT2D eigenvalue weighted by molar-refractivity contribution is 6.09. The molecule has 1 fully saturated rings. The number of fused-ring (bicyclic) bond motifs is 1. The fourth-order valence-corrected chi connectivity index (χ4v) is 3.64. The molecule has 1 saturated heterocycles. The Labute approximate surface area is 150 Å². The molecule has 25 heavy (non-hydrogen) atoms. The quantitative estimate of drug-likeness (QED) is 0.868. The molecule has 1 heterocycles. The first-order chi connectivity index (χ1) is 12.2. The van der Waals surface area contributed by atoms with Gasteiger partial charge in [0.25, 0.3) is 5.91 Å². The second-order valence-corrected chi connectivity index (χ2v) is 6.68. The van der Waals surface area contributed by atoms with Crippen molar-refractivity contribution in [2.24, 2.45) is 0 Å². The Morgan fingerprint density at radius 2 is 1.92 bits per heavy atom. The summed E-state index contributed by atoms with van der Waals surface area (Å²) in [7, 11) is 0. The van der Waals surface area contributed by atoms with Crippen molar-refractivity contribution < 1.29 is 9.53 Å². The molecule has 0 radical (unpaired) electrons. The van der Waals surface area contributed by atoms with E-state index in [4.69, 9.17) is 4.74 Å². The number of piperidine rings is 1. The van der Waals surface area contributed by atoms with Crippen molar-refractivity contribution in [2.75, 3.05) is 26.2 Å². The van der Waals surface area contributed by atoms with E-state index in [1.807, 2.05) is 43.3 Å². The van der Waals surface area contributed by atoms with E-state index in [0.29, 0.717) is 17.9 Å². The summed E-state index contributed by atoms with van der Waals surface area (Å²) in [6, 6.07) is 12.2. The number of carbonyl (C=O) groups excluding carboxylic acids is 1. The van der Waals surface area contributed by atoms with Gasteiger partial charge in [-0.2, -0.15) is 0 Å². The Hall–Kier alpha value is -2.07. The van der Waals surface area contributed by atoms with Gasteiger partial charge in [-0.3, -0.25) is 4.79 Å². The van der Waals surface area contributed by atoms with Gasteiger partial charge in [0.05, 0.1) is 12.2 Å². The van der Waals surface area contributed by atoms with Crippen LogP contribution in [0.1, 0.15) is 43.5 Å². The van der Waals surface area contributed by atoms with Crippen LogP contribution in [0.4, 0.5) is 0 Å². The third-order valence-corrected chi connectivity index (χ3v) is 4.88. The van der Waals surface area contributed by atoms with E-state index in [-0.39, 0.29) is 11.9 Å². The minimum atomic E-state index is -0.0193. The van der Waals surface area contributed by atoms with Crippen LogP contribution >= 0.6 is 0 Å². The summed E-state index contributed by atoms with van der Waals surface area (Å²) in [6.07, 6.45) is 3.21. The van der Waals surface area contributed by atoms with E-state index in [1.165, 1.54) is 6.42 Å². The zero-order valence-corrected chi connectivity index (χ0v) is 15.3. The third-order valence-electron chi connectivity index (χ3n) is 4.88.